The Morgan fingerprint density at radius 2 is 2.12 bits per heavy atom. The summed E-state index contributed by atoms with van der Waals surface area (Å²) in [5.41, 5.74) is 0. The number of carbonyl (C=O) groups excluding carboxylic acids is 1. The summed E-state index contributed by atoms with van der Waals surface area (Å²) in [5, 5.41) is 0. The molecule has 0 spiro atoms. The molecule has 1 saturated heterocycles. The van der Waals surface area contributed by atoms with Gasteiger partial charge in [-0.15, -0.1) is 11.6 Å². The molecule has 2 saturated carbocycles. The molecule has 3 rings (SSSR count). The van der Waals surface area contributed by atoms with E-state index in [0.717, 1.165) is 6.54 Å². The van der Waals surface area contributed by atoms with E-state index < -0.39 is 0 Å². The molecule has 0 bridgehead atoms. The van der Waals surface area contributed by atoms with Crippen molar-refractivity contribution in [1.82, 2.24) is 4.90 Å². The number of nitrogens with zero attached hydrogens (tertiary/aromatic N) is 1. The number of alkyl halides is 1. The largest absolute Gasteiger partial charge is 0.373 e. The number of hydrogen-bond acceptors (Lipinski definition) is 2. The summed E-state index contributed by atoms with van der Waals surface area (Å²) >= 11 is 5.78. The van der Waals surface area contributed by atoms with E-state index in [-0.39, 0.29) is 6.10 Å². The van der Waals surface area contributed by atoms with Crippen LogP contribution in [0.5, 0.6) is 0 Å². The second-order valence-electron chi connectivity index (χ2n) is 5.22. The van der Waals surface area contributed by atoms with Gasteiger partial charge in [0.15, 0.2) is 0 Å². The number of amides is 1. The topological polar surface area (TPSA) is 29.5 Å². The molecular formula is C12H18ClNO2. The number of carbonyl (C=O) groups is 1. The standard InChI is InChI=1S/C12H18ClNO2/c13-6-8-7-14(4-5-16-8)12(15)11-9-2-1-3-10(9)11/h8-11H,1-7H2. The van der Waals surface area contributed by atoms with E-state index in [2.05, 4.69) is 0 Å². The van der Waals surface area contributed by atoms with E-state index in [1.54, 1.807) is 0 Å². The maximum absolute atomic E-state index is 12.3. The van der Waals surface area contributed by atoms with Gasteiger partial charge in [-0.2, -0.15) is 0 Å². The molecule has 3 atom stereocenters. The summed E-state index contributed by atoms with van der Waals surface area (Å²) < 4.78 is 5.48. The molecule has 0 aromatic heterocycles. The minimum Gasteiger partial charge on any atom is -0.373 e. The van der Waals surface area contributed by atoms with E-state index >= 15 is 0 Å². The normalized spacial score (nSPS) is 41.9. The van der Waals surface area contributed by atoms with E-state index in [1.165, 1.54) is 19.3 Å². The zero-order valence-corrected chi connectivity index (χ0v) is 10.2. The van der Waals surface area contributed by atoms with Gasteiger partial charge in [-0.3, -0.25) is 4.79 Å². The Labute approximate surface area is 101 Å². The van der Waals surface area contributed by atoms with E-state index in [1.807, 2.05) is 4.90 Å². The second-order valence-corrected chi connectivity index (χ2v) is 5.52. The highest BCUT2D eigenvalue weighted by atomic mass is 35.5. The van der Waals surface area contributed by atoms with Crippen LogP contribution in [0.2, 0.25) is 0 Å². The average molecular weight is 244 g/mol. The molecular weight excluding hydrogens is 226 g/mol. The molecule has 3 aliphatic rings. The summed E-state index contributed by atoms with van der Waals surface area (Å²) in [6, 6.07) is 0. The molecule has 0 aromatic rings. The summed E-state index contributed by atoms with van der Waals surface area (Å²) in [7, 11) is 0. The SMILES string of the molecule is O=C(C1C2CCCC21)N1CCOC(CCl)C1. The number of halogens is 1. The summed E-state index contributed by atoms with van der Waals surface area (Å²) in [6.45, 7) is 2.09. The van der Waals surface area contributed by atoms with Gasteiger partial charge in [0.25, 0.3) is 0 Å². The lowest BCUT2D eigenvalue weighted by Crippen LogP contribution is -2.47. The fraction of sp³-hybridized carbons (Fsp3) is 0.917. The van der Waals surface area contributed by atoms with Crippen molar-refractivity contribution in [3.63, 3.8) is 0 Å². The molecule has 1 amide bonds. The smallest absolute Gasteiger partial charge is 0.226 e. The van der Waals surface area contributed by atoms with Crippen molar-refractivity contribution in [2.24, 2.45) is 17.8 Å². The second kappa shape index (κ2) is 4.19. The Kier molecular flexibility index (Phi) is 2.84. The summed E-state index contributed by atoms with van der Waals surface area (Å²) in [6.07, 6.45) is 3.90. The minimum atomic E-state index is 0.0398. The maximum Gasteiger partial charge on any atom is 0.226 e. The van der Waals surface area contributed by atoms with E-state index in [9.17, 15) is 4.79 Å². The van der Waals surface area contributed by atoms with Crippen LogP contribution in [-0.4, -0.2) is 42.5 Å². The van der Waals surface area contributed by atoms with Crippen LogP contribution >= 0.6 is 11.6 Å². The zero-order valence-electron chi connectivity index (χ0n) is 9.40. The molecule has 2 aliphatic carbocycles. The quantitative estimate of drug-likeness (QED) is 0.688. The predicted octanol–water partition coefficient (Wildman–Crippen LogP) is 1.50. The molecule has 0 radical (unpaired) electrons. The summed E-state index contributed by atoms with van der Waals surface area (Å²) in [4.78, 5) is 14.2. The first kappa shape index (κ1) is 10.8. The third-order valence-electron chi connectivity index (χ3n) is 4.31. The number of fused-ring (bicyclic) bond motifs is 1. The Morgan fingerprint density at radius 3 is 2.81 bits per heavy atom. The van der Waals surface area contributed by atoms with Gasteiger partial charge in [-0.1, -0.05) is 6.42 Å². The predicted molar refractivity (Wildman–Crippen MR) is 61.4 cm³/mol. The molecule has 3 unspecified atom stereocenters. The van der Waals surface area contributed by atoms with Crippen molar-refractivity contribution in [2.75, 3.05) is 25.6 Å². The minimum absolute atomic E-state index is 0.0398. The molecule has 0 N–H and O–H groups in total. The van der Waals surface area contributed by atoms with Crippen LogP contribution in [0.4, 0.5) is 0 Å². The molecule has 0 aromatic carbocycles. The van der Waals surface area contributed by atoms with Crippen molar-refractivity contribution in [1.29, 1.82) is 0 Å². The lowest BCUT2D eigenvalue weighted by Gasteiger charge is -2.32. The van der Waals surface area contributed by atoms with Gasteiger partial charge in [0.2, 0.25) is 5.91 Å². The number of ether oxygens (including phenoxy) is 1. The Balaban J connectivity index is 1.58. The number of rotatable bonds is 2. The van der Waals surface area contributed by atoms with Gasteiger partial charge in [-0.05, 0) is 24.7 Å². The van der Waals surface area contributed by atoms with Crippen molar-refractivity contribution >= 4 is 17.5 Å². The average Bonchev–Trinajstić information content (AvgIpc) is 2.81. The van der Waals surface area contributed by atoms with Gasteiger partial charge in [0.05, 0.1) is 18.6 Å². The first-order valence-electron chi connectivity index (χ1n) is 6.27. The van der Waals surface area contributed by atoms with Crippen molar-refractivity contribution in [3.05, 3.63) is 0 Å². The molecule has 1 heterocycles. The van der Waals surface area contributed by atoms with Crippen molar-refractivity contribution in [2.45, 2.75) is 25.4 Å². The molecule has 1 aliphatic heterocycles. The summed E-state index contributed by atoms with van der Waals surface area (Å²) in [5.74, 6) is 2.63. The number of hydrogen-bond donors (Lipinski definition) is 0. The van der Waals surface area contributed by atoms with Crippen LogP contribution in [0.3, 0.4) is 0 Å². The van der Waals surface area contributed by atoms with Gasteiger partial charge in [0.1, 0.15) is 0 Å². The van der Waals surface area contributed by atoms with E-state index in [4.69, 9.17) is 16.3 Å². The van der Waals surface area contributed by atoms with Gasteiger partial charge < -0.3 is 9.64 Å². The molecule has 3 nitrogen and oxygen atoms in total. The van der Waals surface area contributed by atoms with Crippen LogP contribution in [0.1, 0.15) is 19.3 Å². The highest BCUT2D eigenvalue weighted by molar-refractivity contribution is 6.18. The monoisotopic (exact) mass is 243 g/mol. The Hall–Kier alpha value is -0.280. The Morgan fingerprint density at radius 1 is 1.38 bits per heavy atom. The van der Waals surface area contributed by atoms with Gasteiger partial charge in [-0.25, -0.2) is 0 Å². The zero-order chi connectivity index (χ0) is 11.1. The lowest BCUT2D eigenvalue weighted by atomic mass is 10.1. The van der Waals surface area contributed by atoms with Crippen LogP contribution in [0, 0.1) is 17.8 Å². The van der Waals surface area contributed by atoms with Crippen LogP contribution < -0.4 is 0 Å². The first-order chi connectivity index (χ1) is 7.81. The van der Waals surface area contributed by atoms with E-state index in [0.29, 0.717) is 42.7 Å². The fourth-order valence-electron chi connectivity index (χ4n) is 3.41. The number of morpholine rings is 1. The van der Waals surface area contributed by atoms with Crippen LogP contribution in [-0.2, 0) is 9.53 Å². The molecule has 90 valence electrons. The van der Waals surface area contributed by atoms with Gasteiger partial charge >= 0.3 is 0 Å². The third-order valence-corrected chi connectivity index (χ3v) is 4.66. The van der Waals surface area contributed by atoms with Gasteiger partial charge in [0, 0.05) is 19.0 Å². The van der Waals surface area contributed by atoms with Crippen LogP contribution in [0.15, 0.2) is 0 Å². The highest BCUT2D eigenvalue weighted by Crippen LogP contribution is 2.58. The van der Waals surface area contributed by atoms with Crippen molar-refractivity contribution in [3.8, 4) is 0 Å². The third kappa shape index (κ3) is 1.74. The lowest BCUT2D eigenvalue weighted by molar-refractivity contribution is -0.140. The van der Waals surface area contributed by atoms with Crippen LogP contribution in [0.25, 0.3) is 0 Å². The van der Waals surface area contributed by atoms with Crippen molar-refractivity contribution < 1.29 is 9.53 Å². The molecule has 3 fully saturated rings. The first-order valence-corrected chi connectivity index (χ1v) is 6.81. The molecule has 4 heteroatoms. The Bertz CT molecular complexity index is 287. The highest BCUT2D eigenvalue weighted by Gasteiger charge is 2.57. The fourth-order valence-corrected chi connectivity index (χ4v) is 3.60. The molecule has 16 heavy (non-hydrogen) atoms. The maximum atomic E-state index is 12.3.